The van der Waals surface area contributed by atoms with Crippen LogP contribution in [-0.4, -0.2) is 56.7 Å². The summed E-state index contributed by atoms with van der Waals surface area (Å²) in [5.41, 5.74) is 0.859. The van der Waals surface area contributed by atoms with E-state index in [1.54, 1.807) is 17.1 Å². The van der Waals surface area contributed by atoms with Crippen LogP contribution in [-0.2, 0) is 11.8 Å². The summed E-state index contributed by atoms with van der Waals surface area (Å²) < 4.78 is 1.72. The number of hydrogen-bond acceptors (Lipinski definition) is 6. The van der Waals surface area contributed by atoms with Crippen LogP contribution in [0, 0.1) is 16.7 Å². The molecule has 0 bridgehead atoms. The molecule has 2 aliphatic heterocycles. The molecule has 1 N–H and O–H groups in total. The van der Waals surface area contributed by atoms with E-state index in [9.17, 15) is 4.79 Å². The number of amides is 1. The summed E-state index contributed by atoms with van der Waals surface area (Å²) in [6, 6.07) is 0. The van der Waals surface area contributed by atoms with Crippen LogP contribution in [0.25, 0.3) is 0 Å². The van der Waals surface area contributed by atoms with Crippen LogP contribution in [0.15, 0.2) is 18.6 Å². The monoisotopic (exact) mass is 415 g/mol. The molecule has 2 saturated heterocycles. The Morgan fingerprint density at radius 2 is 1.86 bits per heavy atom. The van der Waals surface area contributed by atoms with Crippen molar-refractivity contribution in [2.24, 2.45) is 23.8 Å². The van der Waals surface area contributed by atoms with Gasteiger partial charge in [0.2, 0.25) is 11.9 Å². The normalized spacial score (nSPS) is 28.7. The Morgan fingerprint density at radius 3 is 2.45 bits per heavy atom. The van der Waals surface area contributed by atoms with Crippen LogP contribution in [0.1, 0.15) is 26.7 Å². The van der Waals surface area contributed by atoms with Crippen molar-refractivity contribution in [2.75, 3.05) is 36.4 Å². The summed E-state index contributed by atoms with van der Waals surface area (Å²) in [5.74, 6) is 1.85. The second-order valence-corrected chi connectivity index (χ2v) is 9.75. The second-order valence-electron chi connectivity index (χ2n) is 9.34. The van der Waals surface area contributed by atoms with Crippen molar-refractivity contribution < 1.29 is 4.79 Å². The van der Waals surface area contributed by atoms with E-state index < -0.39 is 0 Å². The number of anilines is 3. The number of nitrogens with one attached hydrogen (secondary N) is 1. The van der Waals surface area contributed by atoms with Crippen molar-refractivity contribution >= 4 is 35.0 Å². The molecule has 1 amide bonds. The number of aryl methyl sites for hydroxylation is 1. The van der Waals surface area contributed by atoms with Crippen LogP contribution in [0.3, 0.4) is 0 Å². The van der Waals surface area contributed by atoms with Crippen LogP contribution < -0.4 is 10.2 Å². The largest absolute Gasteiger partial charge is 0.354 e. The topological polar surface area (TPSA) is 79.2 Å². The third kappa shape index (κ3) is 3.13. The van der Waals surface area contributed by atoms with Gasteiger partial charge in [-0.1, -0.05) is 25.4 Å². The fraction of sp³-hybridized carbons (Fsp3) is 0.600. The Bertz CT molecular complexity index is 953. The maximum absolute atomic E-state index is 12.6. The molecule has 9 heteroatoms. The van der Waals surface area contributed by atoms with Gasteiger partial charge in [0, 0.05) is 56.2 Å². The highest BCUT2D eigenvalue weighted by molar-refractivity contribution is 6.32. The molecule has 2 aromatic rings. The highest BCUT2D eigenvalue weighted by Gasteiger charge is 2.59. The van der Waals surface area contributed by atoms with E-state index in [2.05, 4.69) is 39.0 Å². The quantitative estimate of drug-likeness (QED) is 0.827. The number of carbonyl (C=O) groups excluding carboxylic acids is 1. The Kier molecular flexibility index (Phi) is 4.07. The molecule has 0 unspecified atom stereocenters. The molecule has 3 aliphatic rings. The molecule has 0 radical (unpaired) electrons. The first kappa shape index (κ1) is 18.7. The lowest BCUT2D eigenvalue weighted by Crippen LogP contribution is -2.36. The zero-order valence-corrected chi connectivity index (χ0v) is 17.8. The Hall–Kier alpha value is -2.35. The highest BCUT2D eigenvalue weighted by atomic mass is 35.5. The lowest BCUT2D eigenvalue weighted by atomic mass is 9.71. The van der Waals surface area contributed by atoms with Crippen molar-refractivity contribution in [2.45, 2.75) is 26.7 Å². The molecule has 2 aromatic heterocycles. The number of halogens is 1. The van der Waals surface area contributed by atoms with E-state index in [0.29, 0.717) is 16.9 Å². The van der Waals surface area contributed by atoms with Gasteiger partial charge < -0.3 is 15.1 Å². The minimum Gasteiger partial charge on any atom is -0.354 e. The minimum atomic E-state index is 0.0166. The molecule has 154 valence electrons. The summed E-state index contributed by atoms with van der Waals surface area (Å²) in [6.45, 7) is 7.83. The fourth-order valence-electron chi connectivity index (χ4n) is 4.81. The molecule has 29 heavy (non-hydrogen) atoms. The van der Waals surface area contributed by atoms with Gasteiger partial charge in [-0.15, -0.1) is 0 Å². The first-order valence-corrected chi connectivity index (χ1v) is 10.5. The van der Waals surface area contributed by atoms with Gasteiger partial charge in [-0.2, -0.15) is 10.1 Å². The smallest absolute Gasteiger partial charge is 0.229 e. The fourth-order valence-corrected chi connectivity index (χ4v) is 5.02. The number of nitrogens with zero attached hydrogens (tertiary/aromatic N) is 6. The zero-order chi connectivity index (χ0) is 20.4. The SMILES string of the molecule is Cn1cc(Nc2ncc(Cl)c(N3C[C@]4(C)CN(C(=O)C5CC5)C[C@]4(C)C3)n2)cn1. The van der Waals surface area contributed by atoms with Gasteiger partial charge in [0.1, 0.15) is 5.02 Å². The van der Waals surface area contributed by atoms with Crippen molar-refractivity contribution in [3.8, 4) is 0 Å². The second kappa shape index (κ2) is 6.32. The third-order valence-corrected chi connectivity index (χ3v) is 7.11. The van der Waals surface area contributed by atoms with E-state index in [0.717, 1.165) is 50.5 Å². The first-order valence-electron chi connectivity index (χ1n) is 10.1. The predicted molar refractivity (Wildman–Crippen MR) is 111 cm³/mol. The van der Waals surface area contributed by atoms with Gasteiger partial charge in [0.25, 0.3) is 0 Å². The standard InChI is InChI=1S/C20H26ClN7O/c1-19-9-27(10-20(19,2)12-28(11-19)17(29)13-4-5-13)16-15(21)7-22-18(25-16)24-14-6-23-26(3)8-14/h6-8,13H,4-5,9-12H2,1-3H3,(H,22,24,25)/t19-,20+. The van der Waals surface area contributed by atoms with E-state index >= 15 is 0 Å². The van der Waals surface area contributed by atoms with Crippen LogP contribution in [0.4, 0.5) is 17.5 Å². The molecule has 8 nitrogen and oxygen atoms in total. The van der Waals surface area contributed by atoms with Gasteiger partial charge in [-0.25, -0.2) is 4.98 Å². The summed E-state index contributed by atoms with van der Waals surface area (Å²) in [6.07, 6.45) is 7.34. The molecule has 0 spiro atoms. The summed E-state index contributed by atoms with van der Waals surface area (Å²) in [7, 11) is 1.86. The lowest BCUT2D eigenvalue weighted by Gasteiger charge is -2.29. The van der Waals surface area contributed by atoms with Crippen LogP contribution in [0.2, 0.25) is 5.02 Å². The summed E-state index contributed by atoms with van der Waals surface area (Å²) in [4.78, 5) is 25.9. The molecule has 2 atom stereocenters. The molecule has 1 saturated carbocycles. The number of fused-ring (bicyclic) bond motifs is 1. The average Bonchev–Trinajstić information content (AvgIpc) is 3.31. The summed E-state index contributed by atoms with van der Waals surface area (Å²) in [5, 5.41) is 7.88. The lowest BCUT2D eigenvalue weighted by molar-refractivity contribution is -0.132. The van der Waals surface area contributed by atoms with E-state index in [1.165, 1.54) is 0 Å². The van der Waals surface area contributed by atoms with Gasteiger partial charge in [0.15, 0.2) is 5.82 Å². The molecule has 0 aromatic carbocycles. The number of rotatable bonds is 4. The van der Waals surface area contributed by atoms with Crippen molar-refractivity contribution in [1.29, 1.82) is 0 Å². The van der Waals surface area contributed by atoms with Gasteiger partial charge in [0.05, 0.1) is 18.1 Å². The Morgan fingerprint density at radius 1 is 1.17 bits per heavy atom. The van der Waals surface area contributed by atoms with Crippen LogP contribution in [0.5, 0.6) is 0 Å². The number of hydrogen-bond donors (Lipinski definition) is 1. The maximum atomic E-state index is 12.6. The van der Waals surface area contributed by atoms with Crippen molar-refractivity contribution in [3.05, 3.63) is 23.6 Å². The Balaban J connectivity index is 1.36. The van der Waals surface area contributed by atoms with E-state index in [4.69, 9.17) is 16.6 Å². The number of carbonyl (C=O) groups is 1. The maximum Gasteiger partial charge on any atom is 0.229 e. The third-order valence-electron chi connectivity index (χ3n) is 6.84. The molecule has 3 fully saturated rings. The van der Waals surface area contributed by atoms with E-state index in [1.807, 2.05) is 13.2 Å². The van der Waals surface area contributed by atoms with E-state index in [-0.39, 0.29) is 16.7 Å². The Labute approximate surface area is 175 Å². The van der Waals surface area contributed by atoms with Gasteiger partial charge >= 0.3 is 0 Å². The molecule has 1 aliphatic carbocycles. The minimum absolute atomic E-state index is 0.0166. The molecular formula is C20H26ClN7O. The van der Waals surface area contributed by atoms with Crippen molar-refractivity contribution in [1.82, 2.24) is 24.6 Å². The molecular weight excluding hydrogens is 390 g/mol. The molecule has 5 rings (SSSR count). The predicted octanol–water partition coefficient (Wildman–Crippen LogP) is 2.69. The number of aromatic nitrogens is 4. The zero-order valence-electron chi connectivity index (χ0n) is 17.0. The first-order chi connectivity index (χ1) is 13.8. The van der Waals surface area contributed by atoms with Gasteiger partial charge in [-0.05, 0) is 12.8 Å². The number of likely N-dealkylation sites (tertiary alicyclic amines) is 1. The highest BCUT2D eigenvalue weighted by Crippen LogP contribution is 2.53. The van der Waals surface area contributed by atoms with Crippen LogP contribution >= 0.6 is 11.6 Å². The summed E-state index contributed by atoms with van der Waals surface area (Å²) >= 11 is 6.48. The van der Waals surface area contributed by atoms with Crippen molar-refractivity contribution in [3.63, 3.8) is 0 Å². The molecule has 4 heterocycles. The average molecular weight is 416 g/mol. The van der Waals surface area contributed by atoms with Gasteiger partial charge in [-0.3, -0.25) is 9.48 Å².